The van der Waals surface area contributed by atoms with Crippen molar-refractivity contribution in [1.29, 1.82) is 0 Å². The normalized spacial score (nSPS) is 11.0. The van der Waals surface area contributed by atoms with Gasteiger partial charge in [0.2, 0.25) is 0 Å². The average Bonchev–Trinajstić information content (AvgIpc) is 2.93. The summed E-state index contributed by atoms with van der Waals surface area (Å²) in [7, 11) is 0. The molecule has 0 saturated heterocycles. The molecular formula is C18H17ClFN3O. The molecule has 2 heterocycles. The van der Waals surface area contributed by atoms with Gasteiger partial charge in [-0.2, -0.15) is 0 Å². The highest BCUT2D eigenvalue weighted by atomic mass is 35.5. The molecule has 0 N–H and O–H groups in total. The van der Waals surface area contributed by atoms with E-state index < -0.39 is 5.82 Å². The minimum absolute atomic E-state index is 0.127. The van der Waals surface area contributed by atoms with Gasteiger partial charge in [0.15, 0.2) is 0 Å². The molecule has 0 atom stereocenters. The first-order chi connectivity index (χ1) is 11.5. The van der Waals surface area contributed by atoms with Crippen LogP contribution >= 0.6 is 11.6 Å². The molecule has 0 aliphatic carbocycles. The molecule has 124 valence electrons. The van der Waals surface area contributed by atoms with Gasteiger partial charge in [-0.05, 0) is 38.1 Å². The number of rotatable bonds is 4. The fourth-order valence-electron chi connectivity index (χ4n) is 2.63. The predicted octanol–water partition coefficient (Wildman–Crippen LogP) is 4.10. The van der Waals surface area contributed by atoms with Gasteiger partial charge in [0.1, 0.15) is 11.5 Å². The quantitative estimate of drug-likeness (QED) is 0.714. The van der Waals surface area contributed by atoms with Crippen LogP contribution in [-0.4, -0.2) is 26.7 Å². The van der Waals surface area contributed by atoms with Crippen LogP contribution in [0, 0.1) is 12.7 Å². The van der Waals surface area contributed by atoms with Gasteiger partial charge >= 0.3 is 0 Å². The summed E-state index contributed by atoms with van der Waals surface area (Å²) in [5.41, 5.74) is 2.51. The Morgan fingerprint density at radius 3 is 2.79 bits per heavy atom. The number of carbonyl (C=O) groups excluding carboxylic acids is 1. The van der Waals surface area contributed by atoms with Crippen molar-refractivity contribution in [2.75, 3.05) is 6.54 Å². The number of hydrogen-bond acceptors (Lipinski definition) is 2. The molecule has 3 rings (SSSR count). The molecule has 1 amide bonds. The van der Waals surface area contributed by atoms with Crippen molar-refractivity contribution in [1.82, 2.24) is 14.3 Å². The standard InChI is InChI=1S/C18H17ClFN3O/c1-3-22(11-14-15(19)5-4-6-16(14)20)18(24)13-7-8-17-21-12(2)9-23(17)10-13/h4-10H,3,11H2,1-2H3. The topological polar surface area (TPSA) is 37.6 Å². The molecule has 6 heteroatoms. The van der Waals surface area contributed by atoms with Crippen LogP contribution in [0.2, 0.25) is 5.02 Å². The van der Waals surface area contributed by atoms with Crippen molar-refractivity contribution in [2.24, 2.45) is 0 Å². The Morgan fingerprint density at radius 2 is 2.08 bits per heavy atom. The van der Waals surface area contributed by atoms with E-state index in [2.05, 4.69) is 4.98 Å². The largest absolute Gasteiger partial charge is 0.334 e. The molecule has 3 aromatic rings. The maximum Gasteiger partial charge on any atom is 0.255 e. The van der Waals surface area contributed by atoms with E-state index in [1.165, 1.54) is 6.07 Å². The monoisotopic (exact) mass is 345 g/mol. The Hall–Kier alpha value is -2.40. The molecule has 4 nitrogen and oxygen atoms in total. The van der Waals surface area contributed by atoms with Gasteiger partial charge < -0.3 is 9.30 Å². The maximum absolute atomic E-state index is 14.0. The van der Waals surface area contributed by atoms with Crippen LogP contribution in [0.1, 0.15) is 28.5 Å². The molecule has 0 spiro atoms. The second kappa shape index (κ2) is 6.61. The number of hydrogen-bond donors (Lipinski definition) is 0. The Kier molecular flexibility index (Phi) is 4.53. The molecular weight excluding hydrogens is 329 g/mol. The van der Waals surface area contributed by atoms with Crippen molar-refractivity contribution in [3.63, 3.8) is 0 Å². The van der Waals surface area contributed by atoms with E-state index in [1.807, 2.05) is 24.4 Å². The highest BCUT2D eigenvalue weighted by Gasteiger charge is 2.18. The van der Waals surface area contributed by atoms with Crippen LogP contribution in [0.25, 0.3) is 5.65 Å². The Labute approximate surface area is 144 Å². The highest BCUT2D eigenvalue weighted by Crippen LogP contribution is 2.21. The number of carbonyl (C=O) groups is 1. The second-order valence-electron chi connectivity index (χ2n) is 5.59. The molecule has 2 aromatic heterocycles. The first-order valence-corrected chi connectivity index (χ1v) is 8.05. The van der Waals surface area contributed by atoms with Crippen LogP contribution in [0.5, 0.6) is 0 Å². The minimum atomic E-state index is -0.408. The summed E-state index contributed by atoms with van der Waals surface area (Å²) in [6.07, 6.45) is 3.60. The zero-order chi connectivity index (χ0) is 17.3. The summed E-state index contributed by atoms with van der Waals surface area (Å²) in [4.78, 5) is 18.7. The number of amides is 1. The molecule has 0 unspecified atom stereocenters. The number of fused-ring (bicyclic) bond motifs is 1. The first-order valence-electron chi connectivity index (χ1n) is 7.67. The fourth-order valence-corrected chi connectivity index (χ4v) is 2.85. The number of imidazole rings is 1. The third-order valence-electron chi connectivity index (χ3n) is 3.90. The molecule has 1 aromatic carbocycles. The van der Waals surface area contributed by atoms with Crippen molar-refractivity contribution < 1.29 is 9.18 Å². The van der Waals surface area contributed by atoms with E-state index in [4.69, 9.17) is 11.6 Å². The third-order valence-corrected chi connectivity index (χ3v) is 4.25. The molecule has 0 radical (unpaired) electrons. The van der Waals surface area contributed by atoms with Gasteiger partial charge in [0, 0.05) is 29.5 Å². The SMILES string of the molecule is CCN(Cc1c(F)cccc1Cl)C(=O)c1ccc2nc(C)cn2c1. The number of aryl methyl sites for hydroxylation is 1. The molecule has 0 aliphatic rings. The van der Waals surface area contributed by atoms with Gasteiger partial charge in [-0.1, -0.05) is 17.7 Å². The Balaban J connectivity index is 1.90. The summed E-state index contributed by atoms with van der Waals surface area (Å²) >= 11 is 6.07. The lowest BCUT2D eigenvalue weighted by Crippen LogP contribution is -2.31. The highest BCUT2D eigenvalue weighted by molar-refractivity contribution is 6.31. The minimum Gasteiger partial charge on any atom is -0.334 e. The fraction of sp³-hybridized carbons (Fsp3) is 0.222. The van der Waals surface area contributed by atoms with E-state index in [0.29, 0.717) is 22.7 Å². The van der Waals surface area contributed by atoms with Crippen LogP contribution < -0.4 is 0 Å². The van der Waals surface area contributed by atoms with E-state index in [9.17, 15) is 9.18 Å². The van der Waals surface area contributed by atoms with Crippen LogP contribution in [0.4, 0.5) is 4.39 Å². The molecule has 0 bridgehead atoms. The van der Waals surface area contributed by atoms with E-state index in [1.54, 1.807) is 35.4 Å². The lowest BCUT2D eigenvalue weighted by atomic mass is 10.1. The predicted molar refractivity (Wildman–Crippen MR) is 91.8 cm³/mol. The van der Waals surface area contributed by atoms with Crippen molar-refractivity contribution in [3.05, 3.63) is 70.4 Å². The summed E-state index contributed by atoms with van der Waals surface area (Å²) in [5.74, 6) is -0.584. The number of halogens is 2. The number of nitrogens with zero attached hydrogens (tertiary/aromatic N) is 3. The summed E-state index contributed by atoms with van der Waals surface area (Å²) < 4.78 is 15.8. The number of pyridine rings is 1. The van der Waals surface area contributed by atoms with E-state index >= 15 is 0 Å². The third kappa shape index (κ3) is 3.12. The van der Waals surface area contributed by atoms with Crippen molar-refractivity contribution in [3.8, 4) is 0 Å². The Morgan fingerprint density at radius 1 is 1.29 bits per heavy atom. The molecule has 0 saturated carbocycles. The number of benzene rings is 1. The first kappa shape index (κ1) is 16.5. The van der Waals surface area contributed by atoms with Gasteiger partial charge in [-0.15, -0.1) is 0 Å². The van der Waals surface area contributed by atoms with Crippen molar-refractivity contribution in [2.45, 2.75) is 20.4 Å². The van der Waals surface area contributed by atoms with E-state index in [0.717, 1.165) is 11.3 Å². The molecule has 0 aliphatic heterocycles. The summed E-state index contributed by atoms with van der Waals surface area (Å²) in [6.45, 7) is 4.33. The van der Waals surface area contributed by atoms with Gasteiger partial charge in [0.25, 0.3) is 5.91 Å². The zero-order valence-corrected chi connectivity index (χ0v) is 14.2. The average molecular weight is 346 g/mol. The van der Waals surface area contributed by atoms with E-state index in [-0.39, 0.29) is 12.5 Å². The Bertz CT molecular complexity index is 886. The summed E-state index contributed by atoms with van der Waals surface area (Å²) in [5, 5.41) is 0.321. The maximum atomic E-state index is 14.0. The van der Waals surface area contributed by atoms with Gasteiger partial charge in [0.05, 0.1) is 17.8 Å². The lowest BCUT2D eigenvalue weighted by Gasteiger charge is -2.22. The smallest absolute Gasteiger partial charge is 0.255 e. The molecule has 0 fully saturated rings. The van der Waals surface area contributed by atoms with Crippen LogP contribution in [0.3, 0.4) is 0 Å². The zero-order valence-electron chi connectivity index (χ0n) is 13.5. The lowest BCUT2D eigenvalue weighted by molar-refractivity contribution is 0.0750. The van der Waals surface area contributed by atoms with Crippen molar-refractivity contribution >= 4 is 23.2 Å². The number of aromatic nitrogens is 2. The molecule has 24 heavy (non-hydrogen) atoms. The van der Waals surface area contributed by atoms with Crippen LogP contribution in [0.15, 0.2) is 42.7 Å². The van der Waals surface area contributed by atoms with Gasteiger partial charge in [-0.25, -0.2) is 9.37 Å². The van der Waals surface area contributed by atoms with Crippen LogP contribution in [-0.2, 0) is 6.54 Å². The summed E-state index contributed by atoms with van der Waals surface area (Å²) in [6, 6.07) is 8.05. The second-order valence-corrected chi connectivity index (χ2v) is 5.99. The van der Waals surface area contributed by atoms with Gasteiger partial charge in [-0.3, -0.25) is 4.79 Å².